The van der Waals surface area contributed by atoms with Gasteiger partial charge in [0.15, 0.2) is 0 Å². The third kappa shape index (κ3) is 3.48. The second-order valence-electron chi connectivity index (χ2n) is 6.96. The van der Waals surface area contributed by atoms with Gasteiger partial charge in [0.05, 0.1) is 5.39 Å². The van der Waals surface area contributed by atoms with Gasteiger partial charge < -0.3 is 15.0 Å². The molecule has 1 aromatic heterocycles. The molecule has 1 aliphatic rings. The van der Waals surface area contributed by atoms with Crippen molar-refractivity contribution in [2.45, 2.75) is 25.2 Å². The smallest absolute Gasteiger partial charge is 0.258 e. The summed E-state index contributed by atoms with van der Waals surface area (Å²) >= 11 is 0. The second-order valence-corrected chi connectivity index (χ2v) is 6.96. The van der Waals surface area contributed by atoms with E-state index in [0.717, 1.165) is 32.5 Å². The minimum atomic E-state index is -0.191. The number of rotatable bonds is 4. The molecule has 2 aromatic carbocycles. The summed E-state index contributed by atoms with van der Waals surface area (Å²) in [7, 11) is 0. The molecular formula is C21H23N3O2. The van der Waals surface area contributed by atoms with E-state index in [4.69, 9.17) is 0 Å². The maximum absolute atomic E-state index is 12.2. The first kappa shape index (κ1) is 16.8. The molecule has 2 N–H and O–H groups in total. The number of piperidine rings is 1. The van der Waals surface area contributed by atoms with Crippen molar-refractivity contribution < 1.29 is 5.11 Å². The summed E-state index contributed by atoms with van der Waals surface area (Å²) in [6.45, 7) is 2.98. The van der Waals surface area contributed by atoms with Gasteiger partial charge in [0.2, 0.25) is 0 Å². The highest BCUT2D eigenvalue weighted by atomic mass is 16.3. The van der Waals surface area contributed by atoms with E-state index in [0.29, 0.717) is 29.1 Å². The van der Waals surface area contributed by atoms with E-state index in [9.17, 15) is 9.90 Å². The lowest BCUT2D eigenvalue weighted by Crippen LogP contribution is -2.34. The normalized spacial score (nSPS) is 16.2. The molecule has 0 spiro atoms. The number of H-pyrrole nitrogens is 1. The van der Waals surface area contributed by atoms with Gasteiger partial charge in [-0.1, -0.05) is 36.4 Å². The van der Waals surface area contributed by atoms with Gasteiger partial charge in [-0.3, -0.25) is 4.79 Å². The summed E-state index contributed by atoms with van der Waals surface area (Å²) < 4.78 is 0. The third-order valence-electron chi connectivity index (χ3n) is 5.29. The maximum atomic E-state index is 12.2. The van der Waals surface area contributed by atoms with Crippen LogP contribution in [-0.4, -0.2) is 39.6 Å². The number of fused-ring (bicyclic) bond motifs is 1. The summed E-state index contributed by atoms with van der Waals surface area (Å²) in [6.07, 6.45) is 2.99. The molecule has 5 heteroatoms. The molecule has 0 aliphatic carbocycles. The molecule has 1 saturated heterocycles. The molecule has 4 rings (SSSR count). The summed E-state index contributed by atoms with van der Waals surface area (Å²) in [5.74, 6) is 1.33. The maximum Gasteiger partial charge on any atom is 0.258 e. The van der Waals surface area contributed by atoms with E-state index >= 15 is 0 Å². The van der Waals surface area contributed by atoms with Gasteiger partial charge in [0, 0.05) is 13.0 Å². The second kappa shape index (κ2) is 7.30. The van der Waals surface area contributed by atoms with Gasteiger partial charge >= 0.3 is 0 Å². The predicted molar refractivity (Wildman–Crippen MR) is 103 cm³/mol. The molecule has 134 valence electrons. The Labute approximate surface area is 152 Å². The number of likely N-dealkylation sites (tertiary alicyclic amines) is 1. The third-order valence-corrected chi connectivity index (χ3v) is 5.29. The van der Waals surface area contributed by atoms with Gasteiger partial charge in [0.1, 0.15) is 17.1 Å². The van der Waals surface area contributed by atoms with Crippen LogP contribution in [0.3, 0.4) is 0 Å². The van der Waals surface area contributed by atoms with Crippen molar-refractivity contribution in [2.75, 3.05) is 19.6 Å². The summed E-state index contributed by atoms with van der Waals surface area (Å²) in [5, 5.41) is 10.4. The first-order chi connectivity index (χ1) is 12.7. The van der Waals surface area contributed by atoms with Crippen molar-refractivity contribution in [3.63, 3.8) is 0 Å². The zero-order valence-electron chi connectivity index (χ0n) is 14.7. The van der Waals surface area contributed by atoms with Crippen molar-refractivity contribution in [1.82, 2.24) is 14.9 Å². The molecule has 0 amide bonds. The van der Waals surface area contributed by atoms with E-state index in [1.54, 1.807) is 18.2 Å². The van der Waals surface area contributed by atoms with Gasteiger partial charge in [-0.15, -0.1) is 0 Å². The molecule has 1 aliphatic heterocycles. The Balaban J connectivity index is 1.39. The zero-order chi connectivity index (χ0) is 17.9. The monoisotopic (exact) mass is 349 g/mol. The summed E-state index contributed by atoms with van der Waals surface area (Å²) in [4.78, 5) is 21.9. The molecule has 2 heterocycles. The first-order valence-electron chi connectivity index (χ1n) is 9.19. The minimum absolute atomic E-state index is 0.0542. The first-order valence-corrected chi connectivity index (χ1v) is 9.19. The van der Waals surface area contributed by atoms with Crippen molar-refractivity contribution in [3.8, 4) is 5.75 Å². The Bertz CT molecular complexity index is 944. The SMILES string of the molecule is O=c1[nH]c(CCN2CCC(c3ccccc3)CC2)nc2c(O)cccc12. The van der Waals surface area contributed by atoms with Gasteiger partial charge in [-0.25, -0.2) is 4.98 Å². The molecule has 1 fully saturated rings. The Hall–Kier alpha value is -2.66. The Morgan fingerprint density at radius 1 is 1.08 bits per heavy atom. The van der Waals surface area contributed by atoms with Crippen LogP contribution in [0.2, 0.25) is 0 Å². The van der Waals surface area contributed by atoms with Gasteiger partial charge in [-0.2, -0.15) is 0 Å². The molecule has 3 aromatic rings. The zero-order valence-corrected chi connectivity index (χ0v) is 14.7. The molecule has 0 bridgehead atoms. The minimum Gasteiger partial charge on any atom is -0.506 e. The fourth-order valence-corrected chi connectivity index (χ4v) is 3.79. The number of aromatic hydroxyl groups is 1. The molecule has 5 nitrogen and oxygen atoms in total. The van der Waals surface area contributed by atoms with Crippen molar-refractivity contribution in [2.24, 2.45) is 0 Å². The number of benzene rings is 2. The van der Waals surface area contributed by atoms with Crippen LogP contribution in [0.1, 0.15) is 30.1 Å². The van der Waals surface area contributed by atoms with Crippen molar-refractivity contribution in [1.29, 1.82) is 0 Å². The number of aromatic nitrogens is 2. The highest BCUT2D eigenvalue weighted by Gasteiger charge is 2.20. The van der Waals surface area contributed by atoms with E-state index < -0.39 is 0 Å². The number of phenolic OH excluding ortho intramolecular Hbond substituents is 1. The number of aromatic amines is 1. The average Bonchev–Trinajstić information content (AvgIpc) is 2.68. The number of hydrogen-bond acceptors (Lipinski definition) is 4. The van der Waals surface area contributed by atoms with Crippen LogP contribution in [0, 0.1) is 0 Å². The van der Waals surface area contributed by atoms with Gasteiger partial charge in [0.25, 0.3) is 5.56 Å². The topological polar surface area (TPSA) is 69.2 Å². The lowest BCUT2D eigenvalue weighted by atomic mass is 9.89. The molecule has 0 radical (unpaired) electrons. The van der Waals surface area contributed by atoms with Crippen LogP contribution in [0.5, 0.6) is 5.75 Å². The average molecular weight is 349 g/mol. The molecule has 0 saturated carbocycles. The van der Waals surface area contributed by atoms with E-state index in [1.807, 2.05) is 0 Å². The number of nitrogens with one attached hydrogen (secondary N) is 1. The fourth-order valence-electron chi connectivity index (χ4n) is 3.79. The molecule has 0 unspecified atom stereocenters. The molecule has 0 atom stereocenters. The number of nitrogens with zero attached hydrogens (tertiary/aromatic N) is 2. The van der Waals surface area contributed by atoms with Crippen LogP contribution < -0.4 is 5.56 Å². The van der Waals surface area contributed by atoms with Crippen LogP contribution in [-0.2, 0) is 6.42 Å². The number of para-hydroxylation sites is 1. The highest BCUT2D eigenvalue weighted by molar-refractivity contribution is 5.83. The van der Waals surface area contributed by atoms with E-state index in [2.05, 4.69) is 45.2 Å². The largest absolute Gasteiger partial charge is 0.506 e. The summed E-state index contributed by atoms with van der Waals surface area (Å²) in [5.41, 5.74) is 1.63. The van der Waals surface area contributed by atoms with Crippen molar-refractivity contribution in [3.05, 3.63) is 70.3 Å². The van der Waals surface area contributed by atoms with Crippen LogP contribution >= 0.6 is 0 Å². The Morgan fingerprint density at radius 2 is 1.85 bits per heavy atom. The number of phenols is 1. The van der Waals surface area contributed by atoms with E-state index in [-0.39, 0.29) is 11.3 Å². The standard InChI is InChI=1S/C21H23N3O2/c25-18-8-4-7-17-20(18)22-19(23-21(17)26)11-14-24-12-9-16(10-13-24)15-5-2-1-3-6-15/h1-8,16,25H,9-14H2,(H,22,23,26). The lowest BCUT2D eigenvalue weighted by molar-refractivity contribution is 0.213. The number of hydrogen-bond donors (Lipinski definition) is 2. The predicted octanol–water partition coefficient (Wildman–Crippen LogP) is 3.05. The fraction of sp³-hybridized carbons (Fsp3) is 0.333. The van der Waals surface area contributed by atoms with Crippen LogP contribution in [0.15, 0.2) is 53.3 Å². The quantitative estimate of drug-likeness (QED) is 0.760. The van der Waals surface area contributed by atoms with Crippen LogP contribution in [0.25, 0.3) is 10.9 Å². The highest BCUT2D eigenvalue weighted by Crippen LogP contribution is 2.27. The van der Waals surface area contributed by atoms with Crippen LogP contribution in [0.4, 0.5) is 0 Å². The summed E-state index contributed by atoms with van der Waals surface area (Å²) in [6, 6.07) is 15.6. The van der Waals surface area contributed by atoms with Gasteiger partial charge in [-0.05, 0) is 49.5 Å². The van der Waals surface area contributed by atoms with Crippen molar-refractivity contribution >= 4 is 10.9 Å². The Kier molecular flexibility index (Phi) is 4.71. The molecular weight excluding hydrogens is 326 g/mol. The van der Waals surface area contributed by atoms with E-state index in [1.165, 1.54) is 5.56 Å². The molecule has 26 heavy (non-hydrogen) atoms. The Morgan fingerprint density at radius 3 is 2.62 bits per heavy atom. The lowest BCUT2D eigenvalue weighted by Gasteiger charge is -2.32.